The number of fused-ring (bicyclic) bond motifs is 1. The van der Waals surface area contributed by atoms with Crippen LogP contribution in [0.25, 0.3) is 10.9 Å². The van der Waals surface area contributed by atoms with Gasteiger partial charge >= 0.3 is 0 Å². The molecule has 0 amide bonds. The highest BCUT2D eigenvalue weighted by atomic mass is 35.5. The van der Waals surface area contributed by atoms with E-state index in [-0.39, 0.29) is 0 Å². The largest absolute Gasteiger partial charge is 0.347 e. The maximum absolute atomic E-state index is 6.15. The first-order chi connectivity index (χ1) is 11.1. The van der Waals surface area contributed by atoms with E-state index in [0.717, 1.165) is 11.1 Å². The van der Waals surface area contributed by atoms with Gasteiger partial charge in [0.2, 0.25) is 0 Å². The van der Waals surface area contributed by atoms with E-state index in [1.54, 1.807) is 0 Å². The fourth-order valence-corrected chi connectivity index (χ4v) is 3.18. The third kappa shape index (κ3) is 3.07. The van der Waals surface area contributed by atoms with Gasteiger partial charge < -0.3 is 9.99 Å². The van der Waals surface area contributed by atoms with E-state index < -0.39 is 0 Å². The van der Waals surface area contributed by atoms with Gasteiger partial charge in [-0.1, -0.05) is 47.5 Å². The highest BCUT2D eigenvalue weighted by Crippen LogP contribution is 2.24. The molecule has 2 aromatic carbocycles. The molecule has 0 aliphatic heterocycles. The molecule has 0 radical (unpaired) electrons. The number of nitrogens with one attached hydrogen (secondary N) is 1. The molecule has 0 fully saturated rings. The zero-order valence-corrected chi connectivity index (χ0v) is 14.5. The fourth-order valence-electron chi connectivity index (χ4n) is 2.65. The summed E-state index contributed by atoms with van der Waals surface area (Å²) in [5.74, 6) is 0. The Balaban J connectivity index is 1.81. The lowest BCUT2D eigenvalue weighted by molar-refractivity contribution is 0.748. The first-order valence-electron chi connectivity index (χ1n) is 7.32. The Kier molecular flexibility index (Phi) is 4.60. The van der Waals surface area contributed by atoms with E-state index in [0.29, 0.717) is 16.6 Å². The molecule has 0 bridgehead atoms. The maximum atomic E-state index is 6.15. The third-order valence-corrected chi connectivity index (χ3v) is 4.76. The first-order valence-corrected chi connectivity index (χ1v) is 8.08. The van der Waals surface area contributed by atoms with Crippen molar-refractivity contribution in [3.63, 3.8) is 0 Å². The lowest BCUT2D eigenvalue weighted by Crippen LogP contribution is -2.07. The normalized spacial score (nSPS) is 11.5. The van der Waals surface area contributed by atoms with E-state index in [1.807, 2.05) is 36.5 Å². The van der Waals surface area contributed by atoms with E-state index >= 15 is 0 Å². The summed E-state index contributed by atoms with van der Waals surface area (Å²) in [7, 11) is 2.06. The van der Waals surface area contributed by atoms with Crippen LogP contribution in [0.4, 0.5) is 0 Å². The van der Waals surface area contributed by atoms with Crippen LogP contribution in [-0.2, 0) is 13.6 Å². The Morgan fingerprint density at radius 3 is 2.52 bits per heavy atom. The number of benzene rings is 2. The second-order valence-electron chi connectivity index (χ2n) is 5.37. The molecule has 0 aliphatic rings. The number of aryl methyl sites for hydroxylation is 1. The smallest absolute Gasteiger partial charge is 0.0609 e. The zero-order chi connectivity index (χ0) is 16.4. The predicted molar refractivity (Wildman–Crippen MR) is 98.6 cm³/mol. The van der Waals surface area contributed by atoms with Gasteiger partial charge in [-0.3, -0.25) is 0 Å². The highest BCUT2D eigenvalue weighted by molar-refractivity contribution is 6.35. The molecule has 1 heterocycles. The number of rotatable bonds is 4. The van der Waals surface area contributed by atoms with Gasteiger partial charge in [-0.05, 0) is 25.1 Å². The Labute approximate surface area is 145 Å². The van der Waals surface area contributed by atoms with E-state index in [4.69, 9.17) is 23.2 Å². The van der Waals surface area contributed by atoms with Gasteiger partial charge in [-0.25, -0.2) is 0 Å². The van der Waals surface area contributed by atoms with Crippen molar-refractivity contribution in [2.24, 2.45) is 12.1 Å². The third-order valence-electron chi connectivity index (χ3n) is 4.05. The van der Waals surface area contributed by atoms with E-state index in [1.165, 1.54) is 16.6 Å². The van der Waals surface area contributed by atoms with Crippen LogP contribution in [0.1, 0.15) is 16.8 Å². The van der Waals surface area contributed by atoms with Crippen molar-refractivity contribution in [1.29, 1.82) is 0 Å². The lowest BCUT2D eigenvalue weighted by Gasteiger charge is -2.06. The minimum absolute atomic E-state index is 0.485. The first kappa shape index (κ1) is 15.9. The fraction of sp³-hybridized carbons (Fsp3) is 0.167. The topological polar surface area (TPSA) is 29.3 Å². The molecule has 0 atom stereocenters. The van der Waals surface area contributed by atoms with Crippen molar-refractivity contribution in [1.82, 2.24) is 9.99 Å². The lowest BCUT2D eigenvalue weighted by atomic mass is 10.1. The predicted octanol–water partition coefficient (Wildman–Crippen LogP) is 4.92. The molecule has 3 rings (SSSR count). The number of hydrazone groups is 1. The standard InChI is InChI=1S/C18H17Cl2N3/c1-12-14(13-6-3-4-9-18(13)23(12)2)10-21-22-11-15-16(19)7-5-8-17(15)20/h3-10,22H,11H2,1-2H3/b21-10+. The molecule has 0 aliphatic carbocycles. The number of nitrogens with zero attached hydrogens (tertiary/aromatic N) is 2. The Bertz CT molecular complexity index is 861. The molecule has 1 N–H and O–H groups in total. The molecule has 0 saturated heterocycles. The van der Waals surface area contributed by atoms with Gasteiger partial charge in [0.25, 0.3) is 0 Å². The molecule has 3 aromatic rings. The second kappa shape index (κ2) is 6.65. The van der Waals surface area contributed by atoms with Crippen molar-refractivity contribution < 1.29 is 0 Å². The van der Waals surface area contributed by atoms with Crippen LogP contribution in [-0.4, -0.2) is 10.8 Å². The summed E-state index contributed by atoms with van der Waals surface area (Å²) < 4.78 is 2.17. The molecule has 0 unspecified atom stereocenters. The molecule has 3 nitrogen and oxygen atoms in total. The molecular formula is C18H17Cl2N3. The summed E-state index contributed by atoms with van der Waals surface area (Å²) in [6.45, 7) is 2.57. The highest BCUT2D eigenvalue weighted by Gasteiger charge is 2.09. The molecule has 0 spiro atoms. The van der Waals surface area contributed by atoms with Crippen molar-refractivity contribution in [2.45, 2.75) is 13.5 Å². The van der Waals surface area contributed by atoms with Crippen LogP contribution in [0.5, 0.6) is 0 Å². The summed E-state index contributed by atoms with van der Waals surface area (Å²) in [5, 5.41) is 6.81. The number of hydrogen-bond donors (Lipinski definition) is 1. The molecule has 1 aromatic heterocycles. The number of halogens is 2. The summed E-state index contributed by atoms with van der Waals surface area (Å²) >= 11 is 12.3. The van der Waals surface area contributed by atoms with Crippen molar-refractivity contribution in [3.05, 3.63) is 69.3 Å². The van der Waals surface area contributed by atoms with Crippen molar-refractivity contribution in [3.8, 4) is 0 Å². The maximum Gasteiger partial charge on any atom is 0.0609 e. The zero-order valence-electron chi connectivity index (χ0n) is 13.0. The quantitative estimate of drug-likeness (QED) is 0.527. The van der Waals surface area contributed by atoms with Gasteiger partial charge in [0, 0.05) is 44.8 Å². The molecule has 5 heteroatoms. The van der Waals surface area contributed by atoms with Crippen LogP contribution in [0, 0.1) is 6.92 Å². The van der Waals surface area contributed by atoms with Crippen molar-refractivity contribution in [2.75, 3.05) is 0 Å². The Morgan fingerprint density at radius 1 is 1.09 bits per heavy atom. The van der Waals surface area contributed by atoms with E-state index in [2.05, 4.69) is 41.2 Å². The van der Waals surface area contributed by atoms with Crippen LogP contribution < -0.4 is 5.43 Å². The minimum Gasteiger partial charge on any atom is -0.347 e. The molecule has 23 heavy (non-hydrogen) atoms. The minimum atomic E-state index is 0.485. The Morgan fingerprint density at radius 2 is 1.78 bits per heavy atom. The van der Waals surface area contributed by atoms with Crippen molar-refractivity contribution >= 4 is 40.3 Å². The monoisotopic (exact) mass is 345 g/mol. The van der Waals surface area contributed by atoms with Crippen LogP contribution in [0.2, 0.25) is 10.0 Å². The second-order valence-corrected chi connectivity index (χ2v) is 6.18. The molecular weight excluding hydrogens is 329 g/mol. The average molecular weight is 346 g/mol. The summed E-state index contributed by atoms with van der Waals surface area (Å²) in [4.78, 5) is 0. The number of hydrogen-bond acceptors (Lipinski definition) is 2. The summed E-state index contributed by atoms with van der Waals surface area (Å²) in [6.07, 6.45) is 1.85. The number of aromatic nitrogens is 1. The molecule has 0 saturated carbocycles. The van der Waals surface area contributed by atoms with E-state index in [9.17, 15) is 0 Å². The van der Waals surface area contributed by atoms with Crippen LogP contribution >= 0.6 is 23.2 Å². The van der Waals surface area contributed by atoms with Gasteiger partial charge in [-0.2, -0.15) is 5.10 Å². The Hall–Kier alpha value is -1.97. The average Bonchev–Trinajstić information content (AvgIpc) is 2.79. The number of para-hydroxylation sites is 1. The SMILES string of the molecule is Cc1c(/C=N/NCc2c(Cl)cccc2Cl)c2ccccc2n1C. The van der Waals surface area contributed by atoms with Gasteiger partial charge in [-0.15, -0.1) is 0 Å². The van der Waals surface area contributed by atoms with Gasteiger partial charge in [0.1, 0.15) is 0 Å². The molecule has 118 valence electrons. The van der Waals surface area contributed by atoms with Crippen LogP contribution in [0.15, 0.2) is 47.6 Å². The van der Waals surface area contributed by atoms with Gasteiger partial charge in [0.15, 0.2) is 0 Å². The summed E-state index contributed by atoms with van der Waals surface area (Å²) in [5.41, 5.74) is 7.35. The van der Waals surface area contributed by atoms with Gasteiger partial charge in [0.05, 0.1) is 12.8 Å². The van der Waals surface area contributed by atoms with Crippen LogP contribution in [0.3, 0.4) is 0 Å². The summed E-state index contributed by atoms with van der Waals surface area (Å²) in [6, 6.07) is 13.8.